The molecule has 1 aliphatic carbocycles. The molecule has 0 heterocycles. The Bertz CT molecular complexity index is 340. The van der Waals surface area contributed by atoms with Crippen LogP contribution in [0.3, 0.4) is 0 Å². The Balaban J connectivity index is 2.95. The van der Waals surface area contributed by atoms with E-state index in [4.69, 9.17) is 0 Å². The van der Waals surface area contributed by atoms with Gasteiger partial charge in [-0.3, -0.25) is 14.9 Å². The molecule has 1 fully saturated rings. The molecule has 1 saturated carbocycles. The Hall–Kier alpha value is -0.970. The number of nitrogens with zero attached hydrogens (tertiary/aromatic N) is 1. The molecule has 104 valence electrons. The van der Waals surface area contributed by atoms with Gasteiger partial charge in [-0.2, -0.15) is 0 Å². The van der Waals surface area contributed by atoms with Crippen LogP contribution >= 0.6 is 0 Å². The normalized spacial score (nSPS) is 36.3. The Morgan fingerprint density at radius 1 is 1.50 bits per heavy atom. The maximum Gasteiger partial charge on any atom is 0.223 e. The van der Waals surface area contributed by atoms with Crippen LogP contribution in [0, 0.1) is 16.0 Å². The molecule has 1 aliphatic rings. The molecule has 0 amide bonds. The molecule has 0 aromatic carbocycles. The SMILES string of the molecule is CCCC[C@]1([N+](=O)[O-])CC[C@](C)(O)[C@@H](C(C)=O)C1. The van der Waals surface area contributed by atoms with Gasteiger partial charge in [-0.15, -0.1) is 0 Å². The first-order valence-electron chi connectivity index (χ1n) is 6.62. The van der Waals surface area contributed by atoms with Gasteiger partial charge >= 0.3 is 0 Å². The van der Waals surface area contributed by atoms with Gasteiger partial charge in [0.1, 0.15) is 5.78 Å². The third kappa shape index (κ3) is 2.88. The summed E-state index contributed by atoms with van der Waals surface area (Å²) in [6.07, 6.45) is 3.03. The average Bonchev–Trinajstić information content (AvgIpc) is 2.27. The molecule has 3 atom stereocenters. The second kappa shape index (κ2) is 5.34. The number of carbonyl (C=O) groups is 1. The van der Waals surface area contributed by atoms with Gasteiger partial charge in [-0.05, 0) is 26.7 Å². The van der Waals surface area contributed by atoms with Crippen LogP contribution in [0.2, 0.25) is 0 Å². The fraction of sp³-hybridized carbons (Fsp3) is 0.923. The van der Waals surface area contributed by atoms with Crippen LogP contribution in [-0.2, 0) is 4.79 Å². The highest BCUT2D eigenvalue weighted by Gasteiger charge is 2.54. The van der Waals surface area contributed by atoms with Crippen LogP contribution in [0.1, 0.15) is 59.3 Å². The van der Waals surface area contributed by atoms with Gasteiger partial charge in [0.05, 0.1) is 11.5 Å². The summed E-state index contributed by atoms with van der Waals surface area (Å²) in [6, 6.07) is 0. The minimum atomic E-state index is -1.10. The first-order chi connectivity index (χ1) is 8.25. The molecule has 18 heavy (non-hydrogen) atoms. The van der Waals surface area contributed by atoms with E-state index < -0.39 is 17.1 Å². The lowest BCUT2D eigenvalue weighted by molar-refractivity contribution is -0.579. The third-order valence-electron chi connectivity index (χ3n) is 4.30. The summed E-state index contributed by atoms with van der Waals surface area (Å²) in [4.78, 5) is 22.8. The van der Waals surface area contributed by atoms with Gasteiger partial charge in [-0.1, -0.05) is 13.3 Å². The van der Waals surface area contributed by atoms with E-state index in [1.165, 1.54) is 6.92 Å². The van der Waals surface area contributed by atoms with E-state index in [-0.39, 0.29) is 17.1 Å². The Morgan fingerprint density at radius 3 is 2.56 bits per heavy atom. The Kier molecular flexibility index (Phi) is 4.48. The lowest BCUT2D eigenvalue weighted by Gasteiger charge is -2.42. The highest BCUT2D eigenvalue weighted by atomic mass is 16.6. The summed E-state index contributed by atoms with van der Waals surface area (Å²) in [5.74, 6) is -0.768. The van der Waals surface area contributed by atoms with Crippen molar-refractivity contribution in [1.82, 2.24) is 0 Å². The summed E-state index contributed by atoms with van der Waals surface area (Å²) in [5.41, 5.74) is -2.12. The Labute approximate surface area is 108 Å². The monoisotopic (exact) mass is 257 g/mol. The highest BCUT2D eigenvalue weighted by molar-refractivity contribution is 5.79. The zero-order valence-electron chi connectivity index (χ0n) is 11.4. The average molecular weight is 257 g/mol. The predicted octanol–water partition coefficient (Wildman–Crippen LogP) is 2.33. The topological polar surface area (TPSA) is 80.4 Å². The molecule has 5 nitrogen and oxygen atoms in total. The van der Waals surface area contributed by atoms with E-state index in [9.17, 15) is 20.0 Å². The molecule has 1 N–H and O–H groups in total. The number of unbranched alkanes of at least 4 members (excludes halogenated alkanes) is 1. The van der Waals surface area contributed by atoms with Crippen molar-refractivity contribution in [2.75, 3.05) is 0 Å². The number of hydrogen-bond acceptors (Lipinski definition) is 4. The highest BCUT2D eigenvalue weighted by Crippen LogP contribution is 2.43. The molecule has 0 aromatic heterocycles. The minimum Gasteiger partial charge on any atom is -0.389 e. The summed E-state index contributed by atoms with van der Waals surface area (Å²) in [7, 11) is 0. The van der Waals surface area contributed by atoms with Crippen molar-refractivity contribution in [2.45, 2.75) is 70.4 Å². The van der Waals surface area contributed by atoms with Crippen LogP contribution in [-0.4, -0.2) is 27.0 Å². The Morgan fingerprint density at radius 2 is 2.11 bits per heavy atom. The van der Waals surface area contributed by atoms with Gasteiger partial charge in [-0.25, -0.2) is 0 Å². The molecular formula is C13H23NO4. The maximum absolute atomic E-state index is 11.6. The molecule has 0 saturated heterocycles. The number of nitro groups is 1. The van der Waals surface area contributed by atoms with Crippen LogP contribution in [0.4, 0.5) is 0 Å². The minimum absolute atomic E-state index is 0.151. The van der Waals surface area contributed by atoms with Crippen molar-refractivity contribution in [1.29, 1.82) is 0 Å². The number of carbonyl (C=O) groups excluding carboxylic acids is 1. The van der Waals surface area contributed by atoms with E-state index in [0.717, 1.165) is 12.8 Å². The first-order valence-corrected chi connectivity index (χ1v) is 6.62. The van der Waals surface area contributed by atoms with E-state index in [1.54, 1.807) is 6.92 Å². The molecule has 5 heteroatoms. The number of Topliss-reactive ketones (excluding diaryl/α,β-unsaturated/α-hetero) is 1. The first kappa shape index (κ1) is 15.1. The lowest BCUT2D eigenvalue weighted by Crippen LogP contribution is -2.53. The molecule has 1 rings (SSSR count). The van der Waals surface area contributed by atoms with Crippen molar-refractivity contribution in [3.63, 3.8) is 0 Å². The van der Waals surface area contributed by atoms with Gasteiger partial charge in [0.15, 0.2) is 0 Å². The predicted molar refractivity (Wildman–Crippen MR) is 67.9 cm³/mol. The maximum atomic E-state index is 11.6. The van der Waals surface area contributed by atoms with Crippen molar-refractivity contribution < 1.29 is 14.8 Å². The summed E-state index contributed by atoms with van der Waals surface area (Å²) >= 11 is 0. The fourth-order valence-corrected chi connectivity index (χ4v) is 2.93. The quantitative estimate of drug-likeness (QED) is 0.605. The second-order valence-electron chi connectivity index (χ2n) is 5.81. The molecular weight excluding hydrogens is 234 g/mol. The zero-order valence-corrected chi connectivity index (χ0v) is 11.4. The van der Waals surface area contributed by atoms with Gasteiger partial charge in [0.25, 0.3) is 0 Å². The second-order valence-corrected chi connectivity index (χ2v) is 5.81. The van der Waals surface area contributed by atoms with Crippen LogP contribution in [0.5, 0.6) is 0 Å². The van der Waals surface area contributed by atoms with E-state index in [2.05, 4.69) is 0 Å². The summed E-state index contributed by atoms with van der Waals surface area (Å²) in [6.45, 7) is 5.02. The summed E-state index contributed by atoms with van der Waals surface area (Å²) < 4.78 is 0. The van der Waals surface area contributed by atoms with Crippen LogP contribution in [0.15, 0.2) is 0 Å². The van der Waals surface area contributed by atoms with Gasteiger partial charge < -0.3 is 5.11 Å². The molecule has 0 spiro atoms. The van der Waals surface area contributed by atoms with Crippen molar-refractivity contribution in [3.05, 3.63) is 10.1 Å². The van der Waals surface area contributed by atoms with E-state index in [1.807, 2.05) is 6.92 Å². The number of hydrogen-bond donors (Lipinski definition) is 1. The standard InChI is InChI=1S/C13H23NO4/c1-4-5-6-13(14(17)18)8-7-12(3,16)11(9-13)10(2)15/h11,16H,4-9H2,1-3H3/t11-,12+,13+/m1/s1. The third-order valence-corrected chi connectivity index (χ3v) is 4.30. The molecule has 0 radical (unpaired) electrons. The molecule has 0 aliphatic heterocycles. The number of ketones is 1. The largest absolute Gasteiger partial charge is 0.389 e. The van der Waals surface area contributed by atoms with Crippen molar-refractivity contribution in [2.24, 2.45) is 5.92 Å². The lowest BCUT2D eigenvalue weighted by atomic mass is 9.65. The fourth-order valence-electron chi connectivity index (χ4n) is 2.93. The van der Waals surface area contributed by atoms with Gasteiger partial charge in [0, 0.05) is 24.2 Å². The molecule has 0 aromatic rings. The van der Waals surface area contributed by atoms with Gasteiger partial charge in [0.2, 0.25) is 5.54 Å². The van der Waals surface area contributed by atoms with Crippen LogP contribution in [0.25, 0.3) is 0 Å². The van der Waals surface area contributed by atoms with Crippen LogP contribution < -0.4 is 0 Å². The number of rotatable bonds is 5. The smallest absolute Gasteiger partial charge is 0.223 e. The zero-order chi connectivity index (χ0) is 14.0. The molecule has 0 unspecified atom stereocenters. The van der Waals surface area contributed by atoms with E-state index in [0.29, 0.717) is 19.3 Å². The molecule has 0 bridgehead atoms. The van der Waals surface area contributed by atoms with Crippen molar-refractivity contribution >= 4 is 5.78 Å². The van der Waals surface area contributed by atoms with E-state index >= 15 is 0 Å². The summed E-state index contributed by atoms with van der Waals surface area (Å²) in [5, 5.41) is 21.6. The number of aliphatic hydroxyl groups is 1. The van der Waals surface area contributed by atoms with Crippen molar-refractivity contribution in [3.8, 4) is 0 Å².